The van der Waals surface area contributed by atoms with Gasteiger partial charge in [-0.2, -0.15) is 0 Å². The SMILES string of the molecule is Cc1cc(C(=O)NC[C@H](c2ccco2)N2CCOCC2)no1. The van der Waals surface area contributed by atoms with E-state index in [0.717, 1.165) is 18.8 Å². The lowest BCUT2D eigenvalue weighted by Gasteiger charge is -2.33. The molecule has 0 unspecified atom stereocenters. The minimum absolute atomic E-state index is 0.0177. The molecule has 1 amide bonds. The van der Waals surface area contributed by atoms with Gasteiger partial charge in [0.05, 0.1) is 25.5 Å². The summed E-state index contributed by atoms with van der Waals surface area (Å²) in [5, 5.41) is 6.62. The molecule has 0 bridgehead atoms. The first kappa shape index (κ1) is 14.8. The molecule has 118 valence electrons. The van der Waals surface area contributed by atoms with Crippen molar-refractivity contribution in [1.82, 2.24) is 15.4 Å². The van der Waals surface area contributed by atoms with Crippen molar-refractivity contribution in [2.75, 3.05) is 32.8 Å². The molecule has 3 heterocycles. The van der Waals surface area contributed by atoms with Gasteiger partial charge in [-0.25, -0.2) is 0 Å². The average Bonchev–Trinajstić information content (AvgIpc) is 3.20. The Morgan fingerprint density at radius 1 is 1.45 bits per heavy atom. The summed E-state index contributed by atoms with van der Waals surface area (Å²) < 4.78 is 15.8. The third kappa shape index (κ3) is 3.37. The van der Waals surface area contributed by atoms with Crippen LogP contribution in [0.15, 0.2) is 33.4 Å². The zero-order valence-electron chi connectivity index (χ0n) is 12.4. The summed E-state index contributed by atoms with van der Waals surface area (Å²) in [6.07, 6.45) is 1.64. The predicted molar refractivity (Wildman–Crippen MR) is 77.4 cm³/mol. The Morgan fingerprint density at radius 3 is 2.91 bits per heavy atom. The van der Waals surface area contributed by atoms with E-state index in [1.165, 1.54) is 0 Å². The van der Waals surface area contributed by atoms with Gasteiger partial charge in [-0.1, -0.05) is 5.16 Å². The van der Waals surface area contributed by atoms with Gasteiger partial charge in [0.25, 0.3) is 5.91 Å². The summed E-state index contributed by atoms with van der Waals surface area (Å²) in [4.78, 5) is 14.4. The molecule has 0 aliphatic carbocycles. The molecule has 3 rings (SSSR count). The van der Waals surface area contributed by atoms with Crippen LogP contribution in [0.4, 0.5) is 0 Å². The van der Waals surface area contributed by atoms with Crippen LogP contribution >= 0.6 is 0 Å². The molecule has 2 aromatic rings. The summed E-state index contributed by atoms with van der Waals surface area (Å²) in [6.45, 7) is 5.19. The van der Waals surface area contributed by atoms with Crippen LogP contribution in [0.2, 0.25) is 0 Å². The van der Waals surface area contributed by atoms with Crippen LogP contribution in [0.25, 0.3) is 0 Å². The van der Waals surface area contributed by atoms with Gasteiger partial charge in [0, 0.05) is 25.7 Å². The van der Waals surface area contributed by atoms with Crippen molar-refractivity contribution in [2.24, 2.45) is 0 Å². The second-order valence-corrected chi connectivity index (χ2v) is 5.21. The molecule has 1 aliphatic heterocycles. The highest BCUT2D eigenvalue weighted by molar-refractivity contribution is 5.92. The minimum Gasteiger partial charge on any atom is -0.468 e. The van der Waals surface area contributed by atoms with E-state index >= 15 is 0 Å². The van der Waals surface area contributed by atoms with E-state index in [9.17, 15) is 4.79 Å². The monoisotopic (exact) mass is 305 g/mol. The Hall–Kier alpha value is -2.12. The number of carbonyl (C=O) groups is 1. The van der Waals surface area contributed by atoms with Crippen molar-refractivity contribution in [3.8, 4) is 0 Å². The van der Waals surface area contributed by atoms with Crippen molar-refractivity contribution < 1.29 is 18.5 Å². The van der Waals surface area contributed by atoms with Crippen molar-refractivity contribution in [2.45, 2.75) is 13.0 Å². The van der Waals surface area contributed by atoms with Gasteiger partial charge in [-0.05, 0) is 19.1 Å². The van der Waals surface area contributed by atoms with Gasteiger partial charge in [-0.3, -0.25) is 9.69 Å². The largest absolute Gasteiger partial charge is 0.468 e. The van der Waals surface area contributed by atoms with Crippen LogP contribution in [0, 0.1) is 6.92 Å². The number of aryl methyl sites for hydroxylation is 1. The summed E-state index contributed by atoms with van der Waals surface area (Å²) in [5.74, 6) is 1.20. The molecule has 1 aliphatic rings. The molecule has 1 atom stereocenters. The van der Waals surface area contributed by atoms with E-state index in [1.54, 1.807) is 19.3 Å². The van der Waals surface area contributed by atoms with Gasteiger partial charge < -0.3 is 19.0 Å². The predicted octanol–water partition coefficient (Wildman–Crippen LogP) is 1.38. The van der Waals surface area contributed by atoms with Crippen LogP contribution in [-0.2, 0) is 4.74 Å². The Labute approximate surface area is 128 Å². The van der Waals surface area contributed by atoms with Crippen molar-refractivity contribution in [1.29, 1.82) is 0 Å². The molecule has 0 aromatic carbocycles. The van der Waals surface area contributed by atoms with E-state index < -0.39 is 0 Å². The van der Waals surface area contributed by atoms with E-state index in [4.69, 9.17) is 13.7 Å². The smallest absolute Gasteiger partial charge is 0.273 e. The number of amides is 1. The molecule has 22 heavy (non-hydrogen) atoms. The fourth-order valence-electron chi connectivity index (χ4n) is 2.53. The zero-order valence-corrected chi connectivity index (χ0v) is 12.4. The number of nitrogens with zero attached hydrogens (tertiary/aromatic N) is 2. The van der Waals surface area contributed by atoms with Crippen LogP contribution in [-0.4, -0.2) is 48.8 Å². The topological polar surface area (TPSA) is 80.7 Å². The standard InChI is InChI=1S/C15H19N3O4/c1-11-9-12(17-22-11)15(19)16-10-13(14-3-2-6-21-14)18-4-7-20-8-5-18/h2-3,6,9,13H,4-5,7-8,10H2,1H3,(H,16,19)/t13-/m1/s1. The molecule has 1 fully saturated rings. The Bertz CT molecular complexity index is 602. The summed E-state index contributed by atoms with van der Waals surface area (Å²) in [6, 6.07) is 5.38. The zero-order chi connectivity index (χ0) is 15.4. The Kier molecular flexibility index (Phi) is 4.55. The molecule has 7 heteroatoms. The molecular formula is C15H19N3O4. The lowest BCUT2D eigenvalue weighted by molar-refractivity contribution is 0.0118. The fraction of sp³-hybridized carbons (Fsp3) is 0.467. The number of carbonyl (C=O) groups excluding carboxylic acids is 1. The minimum atomic E-state index is -0.248. The molecule has 2 aromatic heterocycles. The highest BCUT2D eigenvalue weighted by atomic mass is 16.5. The third-order valence-corrected chi connectivity index (χ3v) is 3.67. The van der Waals surface area contributed by atoms with Crippen molar-refractivity contribution in [3.63, 3.8) is 0 Å². The maximum Gasteiger partial charge on any atom is 0.273 e. The van der Waals surface area contributed by atoms with Crippen LogP contribution in [0.1, 0.15) is 28.1 Å². The molecule has 7 nitrogen and oxygen atoms in total. The first-order valence-electron chi connectivity index (χ1n) is 7.31. The number of hydrogen-bond acceptors (Lipinski definition) is 6. The number of aromatic nitrogens is 1. The van der Waals surface area contributed by atoms with E-state index in [-0.39, 0.29) is 17.6 Å². The molecule has 0 spiro atoms. The first-order valence-corrected chi connectivity index (χ1v) is 7.31. The number of ether oxygens (including phenoxy) is 1. The van der Waals surface area contributed by atoms with Gasteiger partial charge in [0.2, 0.25) is 0 Å². The fourth-order valence-corrected chi connectivity index (χ4v) is 2.53. The molecule has 0 radical (unpaired) electrons. The van der Waals surface area contributed by atoms with Crippen LogP contribution in [0.3, 0.4) is 0 Å². The quantitative estimate of drug-likeness (QED) is 0.899. The highest BCUT2D eigenvalue weighted by Gasteiger charge is 2.25. The maximum absolute atomic E-state index is 12.1. The Balaban J connectivity index is 1.66. The highest BCUT2D eigenvalue weighted by Crippen LogP contribution is 2.21. The number of nitrogens with one attached hydrogen (secondary N) is 1. The lowest BCUT2D eigenvalue weighted by Crippen LogP contribution is -2.43. The maximum atomic E-state index is 12.1. The summed E-state index contributed by atoms with van der Waals surface area (Å²) >= 11 is 0. The van der Waals surface area contributed by atoms with Gasteiger partial charge >= 0.3 is 0 Å². The summed E-state index contributed by atoms with van der Waals surface area (Å²) in [5.41, 5.74) is 0.290. The van der Waals surface area contributed by atoms with E-state index in [0.29, 0.717) is 25.5 Å². The van der Waals surface area contributed by atoms with E-state index in [1.807, 2.05) is 12.1 Å². The lowest BCUT2D eigenvalue weighted by atomic mass is 10.1. The number of rotatable bonds is 5. The Morgan fingerprint density at radius 2 is 2.27 bits per heavy atom. The number of furan rings is 1. The van der Waals surface area contributed by atoms with Crippen molar-refractivity contribution in [3.05, 3.63) is 41.7 Å². The second-order valence-electron chi connectivity index (χ2n) is 5.21. The second kappa shape index (κ2) is 6.76. The van der Waals surface area contributed by atoms with Crippen LogP contribution in [0.5, 0.6) is 0 Å². The van der Waals surface area contributed by atoms with Gasteiger partial charge in [0.1, 0.15) is 11.5 Å². The van der Waals surface area contributed by atoms with Crippen LogP contribution < -0.4 is 5.32 Å². The summed E-state index contributed by atoms with van der Waals surface area (Å²) in [7, 11) is 0. The average molecular weight is 305 g/mol. The molecular weight excluding hydrogens is 286 g/mol. The normalized spacial score (nSPS) is 17.3. The third-order valence-electron chi connectivity index (χ3n) is 3.67. The van der Waals surface area contributed by atoms with Gasteiger partial charge in [0.15, 0.2) is 5.69 Å². The van der Waals surface area contributed by atoms with Crippen molar-refractivity contribution >= 4 is 5.91 Å². The van der Waals surface area contributed by atoms with E-state index in [2.05, 4.69) is 15.4 Å². The molecule has 1 N–H and O–H groups in total. The molecule has 1 saturated heterocycles. The first-order chi connectivity index (χ1) is 10.7. The van der Waals surface area contributed by atoms with Gasteiger partial charge in [-0.15, -0.1) is 0 Å². The number of hydrogen-bond donors (Lipinski definition) is 1. The molecule has 0 saturated carbocycles. The number of morpholine rings is 1.